The molecule has 20 heavy (non-hydrogen) atoms. The van der Waals surface area contributed by atoms with Crippen LogP contribution in [0.15, 0.2) is 47.8 Å². The van der Waals surface area contributed by atoms with Crippen molar-refractivity contribution in [3.8, 4) is 0 Å². The SMILES string of the molecule is C\C=C/C(CC)=C(\C=C/C)N(CC)c1ccnc(N)n1. The molecule has 0 saturated heterocycles. The second kappa shape index (κ2) is 8.15. The molecular formula is C16H24N4. The molecule has 4 nitrogen and oxygen atoms in total. The Kier molecular flexibility index (Phi) is 6.50. The first-order valence-electron chi connectivity index (χ1n) is 7.02. The van der Waals surface area contributed by atoms with Gasteiger partial charge in [0.2, 0.25) is 5.95 Å². The van der Waals surface area contributed by atoms with E-state index in [1.54, 1.807) is 6.20 Å². The fourth-order valence-corrected chi connectivity index (χ4v) is 2.08. The van der Waals surface area contributed by atoms with Crippen molar-refractivity contribution < 1.29 is 0 Å². The van der Waals surface area contributed by atoms with Gasteiger partial charge in [0, 0.05) is 18.4 Å². The van der Waals surface area contributed by atoms with Crippen molar-refractivity contribution >= 4 is 11.8 Å². The molecule has 0 saturated carbocycles. The highest BCUT2D eigenvalue weighted by Gasteiger charge is 2.12. The highest BCUT2D eigenvalue weighted by Crippen LogP contribution is 2.22. The summed E-state index contributed by atoms with van der Waals surface area (Å²) in [5, 5.41) is 0. The Morgan fingerprint density at radius 1 is 1.25 bits per heavy atom. The quantitative estimate of drug-likeness (QED) is 0.802. The minimum absolute atomic E-state index is 0.296. The summed E-state index contributed by atoms with van der Waals surface area (Å²) in [6, 6.07) is 1.88. The molecule has 1 rings (SSSR count). The summed E-state index contributed by atoms with van der Waals surface area (Å²) in [5.41, 5.74) is 8.11. The number of nitrogen functional groups attached to an aromatic ring is 1. The minimum atomic E-state index is 0.296. The van der Waals surface area contributed by atoms with E-state index < -0.39 is 0 Å². The summed E-state index contributed by atoms with van der Waals surface area (Å²) >= 11 is 0. The van der Waals surface area contributed by atoms with Crippen molar-refractivity contribution in [2.45, 2.75) is 34.1 Å². The fraction of sp³-hybridized carbons (Fsp3) is 0.375. The van der Waals surface area contributed by atoms with E-state index in [4.69, 9.17) is 5.73 Å². The van der Waals surface area contributed by atoms with Crippen molar-refractivity contribution in [1.82, 2.24) is 9.97 Å². The van der Waals surface area contributed by atoms with E-state index in [0.29, 0.717) is 5.95 Å². The van der Waals surface area contributed by atoms with E-state index in [1.165, 1.54) is 5.57 Å². The van der Waals surface area contributed by atoms with Crippen molar-refractivity contribution in [2.24, 2.45) is 0 Å². The second-order valence-electron chi connectivity index (χ2n) is 4.28. The minimum Gasteiger partial charge on any atom is -0.368 e. The Bertz CT molecular complexity index is 515. The maximum absolute atomic E-state index is 5.70. The lowest BCUT2D eigenvalue weighted by atomic mass is 10.1. The molecule has 0 aromatic carbocycles. The third-order valence-electron chi connectivity index (χ3n) is 2.95. The highest BCUT2D eigenvalue weighted by atomic mass is 15.2. The van der Waals surface area contributed by atoms with Crippen LogP contribution < -0.4 is 10.6 Å². The topological polar surface area (TPSA) is 55.0 Å². The highest BCUT2D eigenvalue weighted by molar-refractivity contribution is 5.53. The number of rotatable bonds is 6. The molecule has 0 spiro atoms. The summed E-state index contributed by atoms with van der Waals surface area (Å²) in [6.45, 7) is 9.12. The van der Waals surface area contributed by atoms with Gasteiger partial charge >= 0.3 is 0 Å². The largest absolute Gasteiger partial charge is 0.368 e. The van der Waals surface area contributed by atoms with Crippen molar-refractivity contribution in [2.75, 3.05) is 17.2 Å². The summed E-state index contributed by atoms with van der Waals surface area (Å²) in [4.78, 5) is 10.4. The number of hydrogen-bond acceptors (Lipinski definition) is 4. The maximum Gasteiger partial charge on any atom is 0.221 e. The number of nitrogens with two attached hydrogens (primary N) is 1. The molecule has 0 bridgehead atoms. The normalized spacial score (nSPS) is 13.0. The van der Waals surface area contributed by atoms with E-state index >= 15 is 0 Å². The van der Waals surface area contributed by atoms with Crippen molar-refractivity contribution in [3.05, 3.63) is 47.8 Å². The molecule has 0 amide bonds. The van der Waals surface area contributed by atoms with Crippen molar-refractivity contribution in [3.63, 3.8) is 0 Å². The summed E-state index contributed by atoms with van der Waals surface area (Å²) in [5.74, 6) is 1.12. The average molecular weight is 272 g/mol. The summed E-state index contributed by atoms with van der Waals surface area (Å²) in [7, 11) is 0. The van der Waals surface area contributed by atoms with Gasteiger partial charge in [-0.25, -0.2) is 4.98 Å². The molecular weight excluding hydrogens is 248 g/mol. The van der Waals surface area contributed by atoms with Crippen LogP contribution in [0, 0.1) is 0 Å². The zero-order valence-corrected chi connectivity index (χ0v) is 12.8. The lowest BCUT2D eigenvalue weighted by molar-refractivity contribution is 0.920. The molecule has 1 heterocycles. The van der Waals surface area contributed by atoms with E-state index in [-0.39, 0.29) is 0 Å². The van der Waals surface area contributed by atoms with Crippen LogP contribution in [0.1, 0.15) is 34.1 Å². The van der Waals surface area contributed by atoms with Gasteiger partial charge in [-0.1, -0.05) is 25.2 Å². The van der Waals surface area contributed by atoms with Crippen LogP contribution in [0.5, 0.6) is 0 Å². The van der Waals surface area contributed by atoms with Gasteiger partial charge in [0.1, 0.15) is 5.82 Å². The van der Waals surface area contributed by atoms with Gasteiger partial charge in [0.05, 0.1) is 0 Å². The number of anilines is 2. The first-order chi connectivity index (χ1) is 9.67. The van der Waals surface area contributed by atoms with Gasteiger partial charge in [-0.3, -0.25) is 0 Å². The molecule has 4 heteroatoms. The molecule has 1 aromatic heterocycles. The van der Waals surface area contributed by atoms with E-state index in [1.807, 2.05) is 26.0 Å². The average Bonchev–Trinajstić information content (AvgIpc) is 2.45. The molecule has 0 atom stereocenters. The summed E-state index contributed by atoms with van der Waals surface area (Å²) < 4.78 is 0. The third-order valence-corrected chi connectivity index (χ3v) is 2.95. The second-order valence-corrected chi connectivity index (χ2v) is 4.28. The van der Waals surface area contributed by atoms with Crippen molar-refractivity contribution in [1.29, 1.82) is 0 Å². The van der Waals surface area contributed by atoms with Crippen LogP contribution in [0.25, 0.3) is 0 Å². The van der Waals surface area contributed by atoms with Crippen LogP contribution in [0.3, 0.4) is 0 Å². The smallest absolute Gasteiger partial charge is 0.221 e. The van der Waals surface area contributed by atoms with Crippen LogP contribution in [0.4, 0.5) is 11.8 Å². The Balaban J connectivity index is 3.36. The van der Waals surface area contributed by atoms with E-state index in [2.05, 4.69) is 46.9 Å². The third kappa shape index (κ3) is 3.95. The zero-order valence-electron chi connectivity index (χ0n) is 12.8. The summed E-state index contributed by atoms with van der Waals surface area (Å²) in [6.07, 6.45) is 11.0. The molecule has 1 aromatic rings. The Morgan fingerprint density at radius 3 is 2.45 bits per heavy atom. The Labute approximate surface area is 121 Å². The molecule has 0 aliphatic carbocycles. The van der Waals surface area contributed by atoms with Crippen LogP contribution in [-0.4, -0.2) is 16.5 Å². The zero-order chi connectivity index (χ0) is 15.0. The predicted octanol–water partition coefficient (Wildman–Crippen LogP) is 3.70. The molecule has 0 aliphatic rings. The number of hydrogen-bond donors (Lipinski definition) is 1. The van der Waals surface area contributed by atoms with Gasteiger partial charge in [-0.2, -0.15) is 4.98 Å². The maximum atomic E-state index is 5.70. The van der Waals surface area contributed by atoms with E-state index in [0.717, 1.165) is 24.5 Å². The first kappa shape index (κ1) is 16.0. The number of likely N-dealkylation sites (N-methyl/N-ethyl adjacent to an activating group) is 1. The van der Waals surface area contributed by atoms with Gasteiger partial charge in [0.25, 0.3) is 0 Å². The van der Waals surface area contributed by atoms with Crippen LogP contribution in [-0.2, 0) is 0 Å². The van der Waals surface area contributed by atoms with Gasteiger partial charge in [0.15, 0.2) is 0 Å². The Hall–Kier alpha value is -2.10. The monoisotopic (exact) mass is 272 g/mol. The molecule has 0 fully saturated rings. The van der Waals surface area contributed by atoms with Gasteiger partial charge in [-0.05, 0) is 44.9 Å². The van der Waals surface area contributed by atoms with Crippen LogP contribution in [0.2, 0.25) is 0 Å². The fourth-order valence-electron chi connectivity index (χ4n) is 2.08. The lowest BCUT2D eigenvalue weighted by Gasteiger charge is -2.25. The molecule has 108 valence electrons. The van der Waals surface area contributed by atoms with E-state index in [9.17, 15) is 0 Å². The Morgan fingerprint density at radius 2 is 1.95 bits per heavy atom. The molecule has 0 aliphatic heterocycles. The molecule has 0 radical (unpaired) electrons. The van der Waals surface area contributed by atoms with Gasteiger partial charge < -0.3 is 10.6 Å². The first-order valence-corrected chi connectivity index (χ1v) is 7.02. The standard InChI is InChI=1S/C16H24N4/c1-5-9-13(7-3)14(10-6-2)20(8-4)15-11-12-18-16(17)19-15/h5-6,9-12H,7-8H2,1-4H3,(H2,17,18,19)/b9-5-,10-6-,14-13+. The molecule has 2 N–H and O–H groups in total. The predicted molar refractivity (Wildman–Crippen MR) is 86.4 cm³/mol. The number of nitrogens with zero attached hydrogens (tertiary/aromatic N) is 3. The number of aromatic nitrogens is 2. The molecule has 0 unspecified atom stereocenters. The van der Waals surface area contributed by atoms with Gasteiger partial charge in [-0.15, -0.1) is 0 Å². The number of allylic oxidation sites excluding steroid dienone is 5. The lowest BCUT2D eigenvalue weighted by Crippen LogP contribution is -2.23. The van der Waals surface area contributed by atoms with Crippen LogP contribution >= 0.6 is 0 Å².